The average molecular weight is 873 g/mol. The summed E-state index contributed by atoms with van der Waals surface area (Å²) < 4.78 is 46.5. The maximum atomic E-state index is 14.2. The molecule has 7 atom stereocenters. The molecule has 4 aliphatic rings. The number of aliphatic hydroxyl groups excluding tert-OH is 2. The van der Waals surface area contributed by atoms with E-state index in [9.17, 15) is 19.4 Å². The molecule has 11 nitrogen and oxygen atoms in total. The highest BCUT2D eigenvalue weighted by Crippen LogP contribution is 2.62. The molecule has 1 amide bonds. The lowest BCUT2D eigenvalue weighted by molar-refractivity contribution is -0.256. The highest BCUT2D eigenvalue weighted by Gasteiger charge is 2.65. The molecule has 0 radical (unpaired) electrons. The van der Waals surface area contributed by atoms with Crippen molar-refractivity contribution in [1.82, 2.24) is 4.90 Å². The third-order valence-corrected chi connectivity index (χ3v) is 13.5. The first kappa shape index (κ1) is 45.6. The first-order valence-electron chi connectivity index (χ1n) is 22.1. The number of nitrogens with zero attached hydrogens (tertiary/aromatic N) is 2. The van der Waals surface area contributed by atoms with Crippen LogP contribution < -0.4 is 9.47 Å². The van der Waals surface area contributed by atoms with Crippen molar-refractivity contribution < 1.29 is 47.9 Å². The summed E-state index contributed by atoms with van der Waals surface area (Å²) in [5, 5.41) is 24.8. The molecular weight excluding hydrogens is 812 g/mol. The highest BCUT2D eigenvalue weighted by atomic mass is 32.2. The lowest BCUT2D eigenvalue weighted by atomic mass is 9.55. The molecular formula is C49H61FN2O9S. The van der Waals surface area contributed by atoms with Crippen LogP contribution in [0, 0.1) is 23.6 Å². The number of oxime groups is 1. The van der Waals surface area contributed by atoms with Crippen LogP contribution in [0.1, 0.15) is 81.3 Å². The standard InChI is InChI=1S/C49H61FN2O9S/c1-3-26-59-49-44(52(48(55)56-2)33-34-18-20-36(50)21-19-34)32-42(51-61-45-17-9-12-27-58-45)40-30-35(13-7-10-24-53)39(16-8-11-25-54)46(47(40)49)41-31-37(22-23-43(41)60-49)57-28-29-62-38-14-5-4-6-15-38/h3-6,14-15,18-23,30-31,35,39,44-47,53-54H,1,7-13,16-17,24-29,32-33H2,2H3. The number of methoxy groups -OCH3 is 1. The number of rotatable bonds is 21. The average Bonchev–Trinajstić information content (AvgIpc) is 3.30. The van der Waals surface area contributed by atoms with Gasteiger partial charge in [-0.15, -0.1) is 18.3 Å². The van der Waals surface area contributed by atoms with Gasteiger partial charge in [0.05, 0.1) is 38.6 Å². The Morgan fingerprint density at radius 2 is 1.82 bits per heavy atom. The quantitative estimate of drug-likeness (QED) is 0.0463. The molecule has 2 fully saturated rings. The highest BCUT2D eigenvalue weighted by molar-refractivity contribution is 7.99. The zero-order valence-electron chi connectivity index (χ0n) is 35.7. The molecule has 1 saturated carbocycles. The van der Waals surface area contributed by atoms with Crippen LogP contribution in [0.4, 0.5) is 9.18 Å². The molecule has 2 aliphatic heterocycles. The molecule has 3 aromatic rings. The van der Waals surface area contributed by atoms with Crippen molar-refractivity contribution in [1.29, 1.82) is 0 Å². The molecule has 2 N–H and O–H groups in total. The fraction of sp³-hybridized carbons (Fsp3) is 0.510. The number of amides is 1. The molecule has 0 aromatic heterocycles. The molecule has 1 saturated heterocycles. The summed E-state index contributed by atoms with van der Waals surface area (Å²) in [6.45, 7) is 5.46. The van der Waals surface area contributed by atoms with Crippen molar-refractivity contribution in [2.24, 2.45) is 22.9 Å². The van der Waals surface area contributed by atoms with Gasteiger partial charge in [0.25, 0.3) is 0 Å². The molecule has 0 bridgehead atoms. The van der Waals surface area contributed by atoms with Crippen LogP contribution in [0.25, 0.3) is 0 Å². The minimum Gasteiger partial charge on any atom is -0.493 e. The minimum absolute atomic E-state index is 0.0403. The number of thioether (sulfide) groups is 1. The van der Waals surface area contributed by atoms with E-state index in [-0.39, 0.29) is 56.4 Å². The van der Waals surface area contributed by atoms with E-state index in [2.05, 4.69) is 30.9 Å². The number of hydrogen-bond acceptors (Lipinski definition) is 11. The Morgan fingerprint density at radius 3 is 2.55 bits per heavy atom. The number of fused-ring (bicyclic) bond motifs is 2. The Hall–Kier alpha value is -4.40. The Labute approximate surface area is 369 Å². The molecule has 13 heteroatoms. The second kappa shape index (κ2) is 22.3. The first-order valence-corrected chi connectivity index (χ1v) is 23.1. The predicted octanol–water partition coefficient (Wildman–Crippen LogP) is 9.43. The van der Waals surface area contributed by atoms with Crippen molar-refractivity contribution in [3.05, 3.63) is 114 Å². The molecule has 7 unspecified atom stereocenters. The molecule has 2 heterocycles. The normalized spacial score (nSPS) is 25.7. The number of allylic oxidation sites excluding steroid dienone is 1. The second-order valence-corrected chi connectivity index (χ2v) is 17.6. The van der Waals surface area contributed by atoms with Gasteiger partial charge in [0, 0.05) is 54.7 Å². The number of ether oxygens (including phenoxy) is 5. The van der Waals surface area contributed by atoms with E-state index < -0.39 is 30.1 Å². The summed E-state index contributed by atoms with van der Waals surface area (Å²) in [4.78, 5) is 23.2. The van der Waals surface area contributed by atoms with Gasteiger partial charge in [-0.2, -0.15) is 0 Å². The monoisotopic (exact) mass is 872 g/mol. The fourth-order valence-corrected chi connectivity index (χ4v) is 10.4. The maximum absolute atomic E-state index is 14.2. The van der Waals surface area contributed by atoms with Gasteiger partial charge in [-0.25, -0.2) is 9.18 Å². The number of hydrogen-bond donors (Lipinski definition) is 2. The van der Waals surface area contributed by atoms with Crippen molar-refractivity contribution in [3.8, 4) is 11.5 Å². The van der Waals surface area contributed by atoms with Crippen LogP contribution in [0.5, 0.6) is 11.5 Å². The number of halogens is 1. The first-order chi connectivity index (χ1) is 30.4. The summed E-state index contributed by atoms with van der Waals surface area (Å²) in [5.41, 5.74) is 3.23. The number of carbonyl (C=O) groups excluding carboxylic acids is 1. The summed E-state index contributed by atoms with van der Waals surface area (Å²) in [7, 11) is 1.35. The van der Waals surface area contributed by atoms with Crippen LogP contribution in [0.2, 0.25) is 0 Å². The zero-order valence-corrected chi connectivity index (χ0v) is 36.5. The van der Waals surface area contributed by atoms with E-state index in [0.29, 0.717) is 55.3 Å². The van der Waals surface area contributed by atoms with Crippen molar-refractivity contribution in [2.75, 3.05) is 45.9 Å². The van der Waals surface area contributed by atoms with Crippen LogP contribution in [-0.4, -0.2) is 90.9 Å². The number of unbranched alkanes of at least 4 members (excludes halogenated alkanes) is 2. The van der Waals surface area contributed by atoms with Crippen LogP contribution in [0.15, 0.2) is 107 Å². The van der Waals surface area contributed by atoms with E-state index in [1.165, 1.54) is 24.1 Å². The van der Waals surface area contributed by atoms with E-state index in [4.69, 9.17) is 33.7 Å². The fourth-order valence-electron chi connectivity index (χ4n) is 9.70. The summed E-state index contributed by atoms with van der Waals surface area (Å²) >= 11 is 1.73. The SMILES string of the molecule is C=CCOC12Oc3ccc(OCCSc4ccccc4)cc3C3C(CCCCO)C(CCCCO)C=C(C(=NOC4CCCCO4)CC1N(Cc1ccc(F)cc1)C(=O)OC)C32. The van der Waals surface area contributed by atoms with Crippen LogP contribution >= 0.6 is 11.8 Å². The van der Waals surface area contributed by atoms with E-state index in [1.807, 2.05) is 30.3 Å². The zero-order chi connectivity index (χ0) is 43.3. The van der Waals surface area contributed by atoms with Gasteiger partial charge in [-0.1, -0.05) is 60.5 Å². The van der Waals surface area contributed by atoms with Gasteiger partial charge in [0.15, 0.2) is 0 Å². The lowest BCUT2D eigenvalue weighted by Gasteiger charge is -2.59. The predicted molar refractivity (Wildman–Crippen MR) is 237 cm³/mol. The summed E-state index contributed by atoms with van der Waals surface area (Å²) in [6.07, 6.45) is 10.2. The van der Waals surface area contributed by atoms with Gasteiger partial charge in [0.1, 0.15) is 23.4 Å². The Morgan fingerprint density at radius 1 is 1.03 bits per heavy atom. The van der Waals surface area contributed by atoms with E-state index >= 15 is 0 Å². The van der Waals surface area contributed by atoms with Crippen LogP contribution in [0.3, 0.4) is 0 Å². The van der Waals surface area contributed by atoms with Crippen molar-refractivity contribution >= 4 is 23.6 Å². The Bertz CT molecular complexity index is 1980. The molecule has 334 valence electrons. The topological polar surface area (TPSA) is 129 Å². The van der Waals surface area contributed by atoms with Gasteiger partial charge in [0.2, 0.25) is 12.1 Å². The van der Waals surface area contributed by atoms with Crippen LogP contribution in [-0.2, 0) is 25.6 Å². The number of carbonyl (C=O) groups is 1. The van der Waals surface area contributed by atoms with Gasteiger partial charge in [-0.05, 0) is 104 Å². The van der Waals surface area contributed by atoms with Crippen molar-refractivity contribution in [3.63, 3.8) is 0 Å². The Kier molecular flexibility index (Phi) is 16.4. The number of aliphatic hydroxyl groups is 2. The third-order valence-electron chi connectivity index (χ3n) is 12.5. The second-order valence-electron chi connectivity index (χ2n) is 16.4. The summed E-state index contributed by atoms with van der Waals surface area (Å²) in [6, 6.07) is 21.5. The minimum atomic E-state index is -1.48. The smallest absolute Gasteiger partial charge is 0.410 e. The van der Waals surface area contributed by atoms with Crippen molar-refractivity contribution in [2.45, 2.75) is 99.7 Å². The molecule has 3 aromatic carbocycles. The maximum Gasteiger partial charge on any atom is 0.410 e. The summed E-state index contributed by atoms with van der Waals surface area (Å²) in [5.74, 6) is -0.407. The molecule has 7 rings (SSSR count). The van der Waals surface area contributed by atoms with E-state index in [0.717, 1.165) is 55.4 Å². The van der Waals surface area contributed by atoms with E-state index in [1.54, 1.807) is 34.9 Å². The molecule has 2 aliphatic carbocycles. The Balaban J connectivity index is 1.38. The molecule has 62 heavy (non-hydrogen) atoms. The van der Waals surface area contributed by atoms with Gasteiger partial charge >= 0.3 is 6.09 Å². The lowest BCUT2D eigenvalue weighted by Crippen LogP contribution is -2.70. The molecule has 0 spiro atoms. The van der Waals surface area contributed by atoms with Gasteiger partial charge in [-0.3, -0.25) is 4.90 Å². The van der Waals surface area contributed by atoms with Gasteiger partial charge < -0.3 is 38.7 Å². The largest absolute Gasteiger partial charge is 0.493 e. The third kappa shape index (κ3) is 10.7. The number of benzene rings is 3.